The van der Waals surface area contributed by atoms with Crippen molar-refractivity contribution in [1.29, 1.82) is 5.26 Å². The van der Waals surface area contributed by atoms with Gasteiger partial charge in [0, 0.05) is 10.4 Å². The van der Waals surface area contributed by atoms with E-state index in [1.807, 2.05) is 0 Å². The summed E-state index contributed by atoms with van der Waals surface area (Å²) in [7, 11) is 1.46. The number of methoxy groups -OCH3 is 1. The van der Waals surface area contributed by atoms with E-state index in [2.05, 4.69) is 18.3 Å². The quantitative estimate of drug-likeness (QED) is 0.766. The second-order valence-electron chi connectivity index (χ2n) is 6.09. The first kappa shape index (κ1) is 18.1. The van der Waals surface area contributed by atoms with Crippen LogP contribution >= 0.6 is 34.5 Å². The summed E-state index contributed by atoms with van der Waals surface area (Å²) in [5.74, 6) is 0.577. The molecule has 7 heteroatoms. The highest BCUT2D eigenvalue weighted by Crippen LogP contribution is 2.40. The molecule has 1 heterocycles. The molecule has 0 saturated heterocycles. The van der Waals surface area contributed by atoms with Gasteiger partial charge in [-0.15, -0.1) is 11.3 Å². The maximum atomic E-state index is 12.6. The third-order valence-corrected chi connectivity index (χ3v) is 6.05. The lowest BCUT2D eigenvalue weighted by Crippen LogP contribution is -2.12. The van der Waals surface area contributed by atoms with Gasteiger partial charge in [0.25, 0.3) is 5.91 Å². The van der Waals surface area contributed by atoms with Gasteiger partial charge in [0.1, 0.15) is 11.1 Å². The predicted molar refractivity (Wildman–Crippen MR) is 101 cm³/mol. The van der Waals surface area contributed by atoms with Gasteiger partial charge in [0.05, 0.1) is 22.7 Å². The summed E-state index contributed by atoms with van der Waals surface area (Å²) in [6.07, 6.45) is 2.90. The van der Waals surface area contributed by atoms with E-state index in [0.717, 1.165) is 24.8 Å². The number of hydrogen-bond acceptors (Lipinski definition) is 4. The Morgan fingerprint density at radius 1 is 1.40 bits per heavy atom. The van der Waals surface area contributed by atoms with Gasteiger partial charge in [-0.1, -0.05) is 30.1 Å². The molecule has 130 valence electrons. The molecule has 0 saturated carbocycles. The molecule has 25 heavy (non-hydrogen) atoms. The van der Waals surface area contributed by atoms with Crippen molar-refractivity contribution in [2.75, 3.05) is 12.4 Å². The Balaban J connectivity index is 1.91. The van der Waals surface area contributed by atoms with Crippen LogP contribution in [-0.2, 0) is 12.8 Å². The van der Waals surface area contributed by atoms with Crippen LogP contribution in [0.1, 0.15) is 39.7 Å². The Labute approximate surface area is 160 Å². The summed E-state index contributed by atoms with van der Waals surface area (Å²) in [5.41, 5.74) is 1.97. The van der Waals surface area contributed by atoms with Gasteiger partial charge >= 0.3 is 0 Å². The minimum absolute atomic E-state index is 0.264. The number of carbonyl (C=O) groups is 1. The van der Waals surface area contributed by atoms with Crippen molar-refractivity contribution in [3.8, 4) is 11.8 Å². The number of thiophene rings is 1. The fraction of sp³-hybridized carbons (Fsp3) is 0.333. The molecule has 0 radical (unpaired) electrons. The van der Waals surface area contributed by atoms with Crippen LogP contribution < -0.4 is 10.1 Å². The third-order valence-electron chi connectivity index (χ3n) is 4.32. The molecule has 1 aromatic heterocycles. The molecule has 1 aliphatic carbocycles. The lowest BCUT2D eigenvalue weighted by Gasteiger charge is -2.17. The Kier molecular flexibility index (Phi) is 5.24. The number of halogens is 2. The molecular formula is C18H16Cl2N2O2S. The molecule has 1 N–H and O–H groups in total. The number of carbonyl (C=O) groups excluding carboxylic acids is 1. The number of nitriles is 1. The number of fused-ring (bicyclic) bond motifs is 1. The second kappa shape index (κ2) is 7.25. The Hall–Kier alpha value is -1.74. The summed E-state index contributed by atoms with van der Waals surface area (Å²) < 4.78 is 5.09. The van der Waals surface area contributed by atoms with Crippen LogP contribution in [0, 0.1) is 17.2 Å². The summed E-state index contributed by atoms with van der Waals surface area (Å²) in [6.45, 7) is 2.20. The maximum absolute atomic E-state index is 12.6. The van der Waals surface area contributed by atoms with Crippen molar-refractivity contribution in [1.82, 2.24) is 0 Å². The van der Waals surface area contributed by atoms with Crippen molar-refractivity contribution in [3.63, 3.8) is 0 Å². The normalized spacial score (nSPS) is 16.0. The zero-order valence-corrected chi connectivity index (χ0v) is 16.1. The van der Waals surface area contributed by atoms with E-state index < -0.39 is 0 Å². The minimum atomic E-state index is -0.352. The van der Waals surface area contributed by atoms with Crippen LogP contribution in [-0.4, -0.2) is 13.0 Å². The maximum Gasteiger partial charge on any atom is 0.256 e. The second-order valence-corrected chi connectivity index (χ2v) is 8.01. The number of anilines is 1. The zero-order chi connectivity index (χ0) is 18.1. The molecule has 0 aliphatic heterocycles. The largest absolute Gasteiger partial charge is 0.494 e. The van der Waals surface area contributed by atoms with Gasteiger partial charge in [-0.25, -0.2) is 0 Å². The van der Waals surface area contributed by atoms with E-state index in [-0.39, 0.29) is 16.0 Å². The summed E-state index contributed by atoms with van der Waals surface area (Å²) >= 11 is 13.7. The molecule has 0 bridgehead atoms. The van der Waals surface area contributed by atoms with E-state index in [1.165, 1.54) is 35.5 Å². The lowest BCUT2D eigenvalue weighted by atomic mass is 9.88. The molecule has 3 rings (SSSR count). The highest BCUT2D eigenvalue weighted by molar-refractivity contribution is 7.16. The average molecular weight is 395 g/mol. The molecule has 1 atom stereocenters. The number of ether oxygens (including phenoxy) is 1. The van der Waals surface area contributed by atoms with E-state index in [9.17, 15) is 10.1 Å². The van der Waals surface area contributed by atoms with Gasteiger partial charge in [0.2, 0.25) is 0 Å². The molecule has 2 aromatic rings. The molecule has 0 unspecified atom stereocenters. The zero-order valence-electron chi connectivity index (χ0n) is 13.8. The number of benzene rings is 1. The molecule has 0 fully saturated rings. The number of rotatable bonds is 3. The van der Waals surface area contributed by atoms with Crippen LogP contribution in [0.4, 0.5) is 5.00 Å². The Morgan fingerprint density at radius 2 is 2.08 bits per heavy atom. The van der Waals surface area contributed by atoms with Crippen LogP contribution in [0.15, 0.2) is 12.1 Å². The van der Waals surface area contributed by atoms with Crippen molar-refractivity contribution in [3.05, 3.63) is 43.7 Å². The van der Waals surface area contributed by atoms with Crippen LogP contribution in [0.5, 0.6) is 5.75 Å². The monoisotopic (exact) mass is 394 g/mol. The van der Waals surface area contributed by atoms with Crippen molar-refractivity contribution < 1.29 is 9.53 Å². The fourth-order valence-corrected chi connectivity index (χ4v) is 5.02. The molecular weight excluding hydrogens is 379 g/mol. The smallest absolute Gasteiger partial charge is 0.256 e. The van der Waals surface area contributed by atoms with Crippen molar-refractivity contribution >= 4 is 45.4 Å². The van der Waals surface area contributed by atoms with E-state index in [4.69, 9.17) is 27.9 Å². The molecule has 1 aromatic carbocycles. The summed E-state index contributed by atoms with van der Waals surface area (Å²) in [4.78, 5) is 13.8. The first-order valence-electron chi connectivity index (χ1n) is 7.83. The number of hydrogen-bond donors (Lipinski definition) is 1. The standard InChI is InChI=1S/C18H16Cl2N2O2S/c1-9-3-4-11-12(8-21)18(25-15(11)5-9)22-17(23)10-6-13(19)16(24-2)14(20)7-10/h6-7,9H,3-5H2,1-2H3,(H,22,23)/t9-/m0/s1. The average Bonchev–Trinajstić information content (AvgIpc) is 2.90. The van der Waals surface area contributed by atoms with Crippen LogP contribution in [0.2, 0.25) is 10.0 Å². The van der Waals surface area contributed by atoms with Gasteiger partial charge in [-0.2, -0.15) is 5.26 Å². The topological polar surface area (TPSA) is 62.1 Å². The van der Waals surface area contributed by atoms with Gasteiger partial charge in [-0.05, 0) is 42.9 Å². The number of nitrogens with one attached hydrogen (secondary N) is 1. The van der Waals surface area contributed by atoms with E-state index in [0.29, 0.717) is 27.8 Å². The van der Waals surface area contributed by atoms with Crippen molar-refractivity contribution in [2.45, 2.75) is 26.2 Å². The lowest BCUT2D eigenvalue weighted by molar-refractivity contribution is 0.102. The highest BCUT2D eigenvalue weighted by Gasteiger charge is 2.25. The van der Waals surface area contributed by atoms with Gasteiger partial charge in [0.15, 0.2) is 5.75 Å². The van der Waals surface area contributed by atoms with Crippen LogP contribution in [0.25, 0.3) is 0 Å². The fourth-order valence-electron chi connectivity index (χ4n) is 3.02. The van der Waals surface area contributed by atoms with Crippen molar-refractivity contribution in [2.24, 2.45) is 5.92 Å². The molecule has 4 nitrogen and oxygen atoms in total. The first-order valence-corrected chi connectivity index (χ1v) is 9.40. The summed E-state index contributed by atoms with van der Waals surface area (Å²) in [6, 6.07) is 5.25. The molecule has 1 amide bonds. The van der Waals surface area contributed by atoms with E-state index in [1.54, 1.807) is 0 Å². The van der Waals surface area contributed by atoms with E-state index >= 15 is 0 Å². The predicted octanol–water partition coefficient (Wildman–Crippen LogP) is 5.31. The third kappa shape index (κ3) is 3.48. The van der Waals surface area contributed by atoms with Gasteiger partial charge < -0.3 is 10.1 Å². The SMILES string of the molecule is COc1c(Cl)cc(C(=O)Nc2sc3c(c2C#N)CC[C@H](C)C3)cc1Cl. The molecule has 1 aliphatic rings. The summed E-state index contributed by atoms with van der Waals surface area (Å²) in [5, 5.41) is 13.5. The van der Waals surface area contributed by atoms with Gasteiger partial charge in [-0.3, -0.25) is 4.79 Å². The minimum Gasteiger partial charge on any atom is -0.494 e. The van der Waals surface area contributed by atoms with Crippen LogP contribution in [0.3, 0.4) is 0 Å². The Bertz CT molecular complexity index is 863. The Morgan fingerprint density at radius 3 is 2.68 bits per heavy atom. The molecule has 0 spiro atoms. The number of amides is 1. The highest BCUT2D eigenvalue weighted by atomic mass is 35.5. The first-order chi connectivity index (χ1) is 11.9. The number of nitrogens with zero attached hydrogens (tertiary/aromatic N) is 1.